The third-order valence-corrected chi connectivity index (χ3v) is 3.53. The predicted molar refractivity (Wildman–Crippen MR) is 43.8 cm³/mol. The van der Waals surface area contributed by atoms with Crippen molar-refractivity contribution in [2.24, 2.45) is 0 Å². The summed E-state index contributed by atoms with van der Waals surface area (Å²) in [6.45, 7) is -1.50. The number of Topliss-reactive ketones (excluding diaryl/α,β-unsaturated/α-hetero) is 1. The van der Waals surface area contributed by atoms with Crippen molar-refractivity contribution in [3.63, 3.8) is 0 Å². The standard InChI is InChI=1S/C6H7O8P/c7-1-5(12,3(9)10)2(8)6(13)4(11)15(6)14/h7,12-14H,1H2,(H,9,10). The smallest absolute Gasteiger partial charge is 0.346 e. The lowest BCUT2D eigenvalue weighted by Crippen LogP contribution is -2.55. The van der Waals surface area contributed by atoms with E-state index in [-0.39, 0.29) is 0 Å². The maximum Gasteiger partial charge on any atom is 0.346 e. The average molecular weight is 238 g/mol. The normalized spacial score (nSPS) is 33.3. The molecule has 0 radical (unpaired) electrons. The zero-order valence-electron chi connectivity index (χ0n) is 7.12. The largest absolute Gasteiger partial charge is 0.479 e. The molecule has 3 unspecified atom stereocenters. The molecule has 9 heteroatoms. The Morgan fingerprint density at radius 1 is 1.47 bits per heavy atom. The minimum absolute atomic E-state index is 1.24. The zero-order chi connectivity index (χ0) is 12.0. The summed E-state index contributed by atoms with van der Waals surface area (Å²) in [7, 11) is -2.68. The molecule has 1 heterocycles. The van der Waals surface area contributed by atoms with Crippen molar-refractivity contribution in [2.75, 3.05) is 6.61 Å². The molecule has 15 heavy (non-hydrogen) atoms. The van der Waals surface area contributed by atoms with Crippen molar-refractivity contribution >= 4 is 25.4 Å². The highest BCUT2D eigenvalue weighted by Crippen LogP contribution is 2.66. The van der Waals surface area contributed by atoms with Crippen LogP contribution in [0.1, 0.15) is 0 Å². The van der Waals surface area contributed by atoms with E-state index in [1.54, 1.807) is 0 Å². The number of carbonyl (C=O) groups excluding carboxylic acids is 2. The predicted octanol–water partition coefficient (Wildman–Crippen LogP) is -3.02. The molecule has 0 aliphatic carbocycles. The molecule has 0 aromatic rings. The van der Waals surface area contributed by atoms with Crippen LogP contribution in [-0.4, -0.2) is 60.1 Å². The number of hydrogen-bond donors (Lipinski definition) is 5. The molecule has 1 fully saturated rings. The summed E-state index contributed by atoms with van der Waals surface area (Å²) in [5, 5.41) is 32.5. The first-order chi connectivity index (χ1) is 6.72. The Morgan fingerprint density at radius 2 is 1.87 bits per heavy atom. The van der Waals surface area contributed by atoms with Gasteiger partial charge >= 0.3 is 5.97 Å². The molecule has 0 saturated carbocycles. The van der Waals surface area contributed by atoms with Gasteiger partial charge in [0.05, 0.1) is 6.61 Å². The molecule has 5 N–H and O–H groups in total. The van der Waals surface area contributed by atoms with E-state index in [0.717, 1.165) is 0 Å². The maximum atomic E-state index is 11.2. The first-order valence-electron chi connectivity index (χ1n) is 3.60. The van der Waals surface area contributed by atoms with E-state index in [1.165, 1.54) is 0 Å². The number of aliphatic hydroxyl groups is 3. The van der Waals surface area contributed by atoms with Crippen LogP contribution in [0.5, 0.6) is 0 Å². The molecule has 0 spiro atoms. The molecule has 8 nitrogen and oxygen atoms in total. The molecule has 1 aliphatic heterocycles. The van der Waals surface area contributed by atoms with E-state index in [2.05, 4.69) is 0 Å². The lowest BCUT2D eigenvalue weighted by atomic mass is 9.96. The second kappa shape index (κ2) is 3.29. The van der Waals surface area contributed by atoms with Crippen LogP contribution >= 0.6 is 8.15 Å². The van der Waals surface area contributed by atoms with Crippen LogP contribution in [0.15, 0.2) is 0 Å². The topological polar surface area (TPSA) is 152 Å². The van der Waals surface area contributed by atoms with Gasteiger partial charge in [-0.05, 0) is 0 Å². The minimum Gasteiger partial charge on any atom is -0.479 e. The number of carbonyl (C=O) groups is 3. The van der Waals surface area contributed by atoms with E-state index in [1.807, 2.05) is 0 Å². The van der Waals surface area contributed by atoms with Gasteiger partial charge in [0.25, 0.3) is 0 Å². The first kappa shape index (κ1) is 12.2. The Bertz CT molecular complexity index is 353. The molecule has 1 rings (SSSR count). The van der Waals surface area contributed by atoms with Crippen molar-refractivity contribution < 1.29 is 39.7 Å². The van der Waals surface area contributed by atoms with Gasteiger partial charge in [-0.25, -0.2) is 4.79 Å². The number of rotatable bonds is 4. The Balaban J connectivity index is 3.05. The van der Waals surface area contributed by atoms with Crippen molar-refractivity contribution in [1.82, 2.24) is 0 Å². The van der Waals surface area contributed by atoms with Gasteiger partial charge in [-0.3, -0.25) is 9.59 Å². The molecule has 0 aromatic heterocycles. The van der Waals surface area contributed by atoms with E-state index in [4.69, 9.17) is 20.2 Å². The molecular weight excluding hydrogens is 231 g/mol. The van der Waals surface area contributed by atoms with E-state index < -0.39 is 43.0 Å². The van der Waals surface area contributed by atoms with E-state index in [9.17, 15) is 19.5 Å². The second-order valence-corrected chi connectivity index (χ2v) is 4.62. The Labute approximate surface area is 83.6 Å². The van der Waals surface area contributed by atoms with Gasteiger partial charge in [-0.15, -0.1) is 0 Å². The van der Waals surface area contributed by atoms with Gasteiger partial charge in [0, 0.05) is 0 Å². The fraction of sp³-hybridized carbons (Fsp3) is 0.500. The van der Waals surface area contributed by atoms with E-state index in [0.29, 0.717) is 0 Å². The molecule has 1 aliphatic rings. The van der Waals surface area contributed by atoms with Crippen LogP contribution in [0.2, 0.25) is 0 Å². The monoisotopic (exact) mass is 238 g/mol. The third kappa shape index (κ3) is 1.38. The fourth-order valence-electron chi connectivity index (χ4n) is 0.927. The summed E-state index contributed by atoms with van der Waals surface area (Å²) in [6.07, 6.45) is 0. The summed E-state index contributed by atoms with van der Waals surface area (Å²) in [5.41, 5.74) is -4.51. The Morgan fingerprint density at radius 3 is 2.07 bits per heavy atom. The van der Waals surface area contributed by atoms with Gasteiger partial charge in [0.1, 0.15) is 8.15 Å². The number of ketones is 1. The second-order valence-electron chi connectivity index (χ2n) is 2.94. The lowest BCUT2D eigenvalue weighted by Gasteiger charge is -2.20. The lowest BCUT2D eigenvalue weighted by molar-refractivity contribution is -0.173. The fourth-order valence-corrected chi connectivity index (χ4v) is 1.96. The SMILES string of the molecule is O=C(O)C(O)(CO)C(=O)C1(O)C(=O)P1O. The van der Waals surface area contributed by atoms with Crippen molar-refractivity contribution in [1.29, 1.82) is 0 Å². The molecule has 3 atom stereocenters. The van der Waals surface area contributed by atoms with E-state index >= 15 is 0 Å². The van der Waals surface area contributed by atoms with Crippen molar-refractivity contribution in [3.8, 4) is 0 Å². The summed E-state index contributed by atoms with van der Waals surface area (Å²) in [6, 6.07) is 0. The van der Waals surface area contributed by atoms with Crippen LogP contribution in [0.4, 0.5) is 0 Å². The quantitative estimate of drug-likeness (QED) is 0.256. The minimum atomic E-state index is -3.27. The third-order valence-electron chi connectivity index (χ3n) is 2.02. The average Bonchev–Trinajstić information content (AvgIpc) is 2.68. The Kier molecular flexibility index (Phi) is 2.67. The molecule has 1 saturated heterocycles. The van der Waals surface area contributed by atoms with Crippen molar-refractivity contribution in [3.05, 3.63) is 0 Å². The van der Waals surface area contributed by atoms with Crippen LogP contribution in [0, 0.1) is 0 Å². The van der Waals surface area contributed by atoms with Gasteiger partial charge in [0.15, 0.2) is 0 Å². The zero-order valence-corrected chi connectivity index (χ0v) is 8.01. The summed E-state index contributed by atoms with van der Waals surface area (Å²) >= 11 is 0. The van der Waals surface area contributed by atoms with Crippen LogP contribution < -0.4 is 0 Å². The molecule has 84 valence electrons. The van der Waals surface area contributed by atoms with Gasteiger partial charge in [0.2, 0.25) is 22.3 Å². The number of hydrogen-bond acceptors (Lipinski definition) is 7. The van der Waals surface area contributed by atoms with Gasteiger partial charge in [-0.1, -0.05) is 0 Å². The number of carboxylic acid groups (broad SMARTS) is 1. The number of aliphatic hydroxyl groups excluding tert-OH is 1. The number of carboxylic acids is 1. The number of aliphatic carboxylic acids is 1. The van der Waals surface area contributed by atoms with Gasteiger partial charge < -0.3 is 25.3 Å². The van der Waals surface area contributed by atoms with Crippen LogP contribution in [0.3, 0.4) is 0 Å². The van der Waals surface area contributed by atoms with Crippen LogP contribution in [0.25, 0.3) is 0 Å². The highest BCUT2D eigenvalue weighted by Gasteiger charge is 2.75. The summed E-state index contributed by atoms with van der Waals surface area (Å²) in [4.78, 5) is 41.2. The maximum absolute atomic E-state index is 11.2. The van der Waals surface area contributed by atoms with Crippen molar-refractivity contribution in [2.45, 2.75) is 10.9 Å². The summed E-state index contributed by atoms with van der Waals surface area (Å²) < 4.78 is 0. The van der Waals surface area contributed by atoms with Crippen LogP contribution in [-0.2, 0) is 14.4 Å². The Hall–Kier alpha value is -0.920. The highest BCUT2D eigenvalue weighted by atomic mass is 31.2. The molecule has 0 amide bonds. The molecule has 0 bridgehead atoms. The summed E-state index contributed by atoms with van der Waals surface area (Å²) in [5.74, 6) is -3.92. The van der Waals surface area contributed by atoms with Gasteiger partial charge in [-0.2, -0.15) is 0 Å². The molecule has 0 aromatic carbocycles. The highest BCUT2D eigenvalue weighted by molar-refractivity contribution is 7.86. The first-order valence-corrected chi connectivity index (χ1v) is 4.89. The molecular formula is C6H7O8P.